The topological polar surface area (TPSA) is 49.8 Å². The van der Waals surface area contributed by atoms with Crippen LogP contribution in [0.5, 0.6) is 5.75 Å². The maximum absolute atomic E-state index is 13.2. The van der Waals surface area contributed by atoms with Crippen molar-refractivity contribution in [3.8, 4) is 5.75 Å². The molecule has 0 spiro atoms. The highest BCUT2D eigenvalue weighted by Gasteiger charge is 2.25. The molecule has 1 atom stereocenters. The number of carbonyl (C=O) groups excluding carboxylic acids is 1. The van der Waals surface area contributed by atoms with Gasteiger partial charge in [-0.1, -0.05) is 30.3 Å². The molecule has 25 heavy (non-hydrogen) atoms. The Morgan fingerprint density at radius 2 is 2.00 bits per heavy atom. The van der Waals surface area contributed by atoms with Crippen LogP contribution in [0.1, 0.15) is 39.9 Å². The van der Waals surface area contributed by atoms with E-state index in [1.807, 2.05) is 44.2 Å². The van der Waals surface area contributed by atoms with Crippen LogP contribution in [0.15, 0.2) is 42.5 Å². The molecule has 1 N–H and O–H groups in total. The lowest BCUT2D eigenvalue weighted by Crippen LogP contribution is -2.37. The maximum atomic E-state index is 13.2. The van der Waals surface area contributed by atoms with Gasteiger partial charge in [0.05, 0.1) is 6.10 Å². The second-order valence-corrected chi connectivity index (χ2v) is 6.70. The summed E-state index contributed by atoms with van der Waals surface area (Å²) in [5.74, 6) is 0.202. The molecule has 0 bridgehead atoms. The number of hydrogen-bond donors (Lipinski definition) is 1. The molecule has 1 saturated heterocycles. The molecular formula is C21H25NO3. The Morgan fingerprint density at radius 1 is 1.20 bits per heavy atom. The monoisotopic (exact) mass is 339 g/mol. The maximum Gasteiger partial charge on any atom is 0.254 e. The molecule has 2 aromatic rings. The first kappa shape index (κ1) is 17.5. The Morgan fingerprint density at radius 3 is 2.72 bits per heavy atom. The van der Waals surface area contributed by atoms with E-state index in [4.69, 9.17) is 4.74 Å². The molecule has 2 aromatic carbocycles. The smallest absolute Gasteiger partial charge is 0.254 e. The number of phenols is 1. The van der Waals surface area contributed by atoms with E-state index in [-0.39, 0.29) is 17.8 Å². The molecule has 1 aliphatic rings. The van der Waals surface area contributed by atoms with E-state index in [0.29, 0.717) is 18.7 Å². The fourth-order valence-electron chi connectivity index (χ4n) is 3.26. The number of benzene rings is 2. The van der Waals surface area contributed by atoms with Crippen molar-refractivity contribution >= 4 is 5.91 Å². The summed E-state index contributed by atoms with van der Waals surface area (Å²) in [6, 6.07) is 13.0. The Kier molecular flexibility index (Phi) is 5.39. The normalized spacial score (nSPS) is 16.8. The number of para-hydroxylation sites is 1. The third-order valence-corrected chi connectivity index (χ3v) is 4.92. The van der Waals surface area contributed by atoms with Crippen molar-refractivity contribution in [2.45, 2.75) is 39.3 Å². The van der Waals surface area contributed by atoms with Gasteiger partial charge in [0, 0.05) is 30.8 Å². The van der Waals surface area contributed by atoms with Crippen LogP contribution in [0.2, 0.25) is 0 Å². The number of ether oxygens (including phenoxy) is 1. The van der Waals surface area contributed by atoms with Gasteiger partial charge in [0.2, 0.25) is 0 Å². The molecule has 4 nitrogen and oxygen atoms in total. The predicted molar refractivity (Wildman–Crippen MR) is 97.7 cm³/mol. The van der Waals surface area contributed by atoms with Gasteiger partial charge in [0.25, 0.3) is 5.91 Å². The van der Waals surface area contributed by atoms with Crippen LogP contribution >= 0.6 is 0 Å². The quantitative estimate of drug-likeness (QED) is 0.901. The van der Waals surface area contributed by atoms with Crippen molar-refractivity contribution in [1.82, 2.24) is 4.90 Å². The first-order valence-corrected chi connectivity index (χ1v) is 8.80. The highest BCUT2D eigenvalue weighted by atomic mass is 16.5. The van der Waals surface area contributed by atoms with E-state index in [1.54, 1.807) is 17.0 Å². The first-order chi connectivity index (χ1) is 12.1. The van der Waals surface area contributed by atoms with Crippen molar-refractivity contribution < 1.29 is 14.6 Å². The van der Waals surface area contributed by atoms with Gasteiger partial charge in [-0.05, 0) is 49.9 Å². The summed E-state index contributed by atoms with van der Waals surface area (Å²) < 4.78 is 5.73. The lowest BCUT2D eigenvalue weighted by Gasteiger charge is -2.27. The molecule has 0 aromatic heterocycles. The molecule has 1 unspecified atom stereocenters. The highest BCUT2D eigenvalue weighted by molar-refractivity contribution is 5.96. The van der Waals surface area contributed by atoms with Gasteiger partial charge in [-0.25, -0.2) is 0 Å². The molecule has 1 aliphatic heterocycles. The molecule has 1 amide bonds. The fraction of sp³-hybridized carbons (Fsp3) is 0.381. The first-order valence-electron chi connectivity index (χ1n) is 8.80. The Hall–Kier alpha value is -2.33. The van der Waals surface area contributed by atoms with E-state index in [0.717, 1.165) is 36.1 Å². The summed E-state index contributed by atoms with van der Waals surface area (Å²) >= 11 is 0. The number of rotatable bonds is 5. The van der Waals surface area contributed by atoms with Crippen LogP contribution < -0.4 is 0 Å². The lowest BCUT2D eigenvalue weighted by atomic mass is 10.0. The SMILES string of the molecule is Cc1cccc(C(=O)N(Cc2ccccc2O)CC2CCCO2)c1C. The number of aromatic hydroxyl groups is 1. The highest BCUT2D eigenvalue weighted by Crippen LogP contribution is 2.23. The van der Waals surface area contributed by atoms with Gasteiger partial charge in [0.15, 0.2) is 0 Å². The number of amides is 1. The van der Waals surface area contributed by atoms with Gasteiger partial charge in [-0.15, -0.1) is 0 Å². The standard InChI is InChI=1S/C21H25NO3/c1-15-7-5-10-19(16(15)2)21(24)22(14-18-9-6-12-25-18)13-17-8-3-4-11-20(17)23/h3-5,7-8,10-11,18,23H,6,9,12-14H2,1-2H3. The van der Waals surface area contributed by atoms with E-state index in [9.17, 15) is 9.90 Å². The van der Waals surface area contributed by atoms with E-state index in [1.165, 1.54) is 0 Å². The lowest BCUT2D eigenvalue weighted by molar-refractivity contribution is 0.0505. The molecule has 1 heterocycles. The summed E-state index contributed by atoms with van der Waals surface area (Å²) in [7, 11) is 0. The number of phenolic OH excluding ortho intramolecular Hbond substituents is 1. The number of aryl methyl sites for hydroxylation is 1. The molecule has 132 valence electrons. The van der Waals surface area contributed by atoms with Crippen molar-refractivity contribution in [3.05, 3.63) is 64.7 Å². The average molecular weight is 339 g/mol. The zero-order chi connectivity index (χ0) is 17.8. The summed E-state index contributed by atoms with van der Waals surface area (Å²) in [6.07, 6.45) is 2.07. The zero-order valence-corrected chi connectivity index (χ0v) is 14.9. The van der Waals surface area contributed by atoms with Gasteiger partial charge in [-0.3, -0.25) is 4.79 Å². The molecule has 0 saturated carbocycles. The van der Waals surface area contributed by atoms with Crippen molar-refractivity contribution in [1.29, 1.82) is 0 Å². The fourth-order valence-corrected chi connectivity index (χ4v) is 3.26. The third kappa shape index (κ3) is 4.02. The van der Waals surface area contributed by atoms with E-state index < -0.39 is 0 Å². The number of carbonyl (C=O) groups is 1. The molecule has 1 fully saturated rings. The van der Waals surface area contributed by atoms with Crippen LogP contribution in [-0.4, -0.2) is 35.2 Å². The summed E-state index contributed by atoms with van der Waals surface area (Å²) in [4.78, 5) is 15.0. The molecule has 0 radical (unpaired) electrons. The number of hydrogen-bond acceptors (Lipinski definition) is 3. The van der Waals surface area contributed by atoms with Crippen LogP contribution in [0.25, 0.3) is 0 Å². The minimum absolute atomic E-state index is 0.0139. The largest absolute Gasteiger partial charge is 0.508 e. The van der Waals surface area contributed by atoms with Crippen molar-refractivity contribution in [2.24, 2.45) is 0 Å². The van der Waals surface area contributed by atoms with Crippen LogP contribution in [-0.2, 0) is 11.3 Å². The summed E-state index contributed by atoms with van der Waals surface area (Å²) in [5, 5.41) is 10.1. The second kappa shape index (κ2) is 7.70. The minimum atomic E-state index is -0.0139. The molecule has 3 rings (SSSR count). The van der Waals surface area contributed by atoms with E-state index in [2.05, 4.69) is 0 Å². The predicted octanol–water partition coefficient (Wildman–Crippen LogP) is 3.83. The van der Waals surface area contributed by atoms with Gasteiger partial charge >= 0.3 is 0 Å². The second-order valence-electron chi connectivity index (χ2n) is 6.70. The Bertz CT molecular complexity index is 751. The van der Waals surface area contributed by atoms with Crippen LogP contribution in [0.3, 0.4) is 0 Å². The van der Waals surface area contributed by atoms with Crippen molar-refractivity contribution in [2.75, 3.05) is 13.2 Å². The average Bonchev–Trinajstić information content (AvgIpc) is 3.11. The Labute approximate surface area is 149 Å². The van der Waals surface area contributed by atoms with Gasteiger partial charge < -0.3 is 14.7 Å². The molecule has 0 aliphatic carbocycles. The van der Waals surface area contributed by atoms with Crippen LogP contribution in [0.4, 0.5) is 0 Å². The summed E-state index contributed by atoms with van der Waals surface area (Å²) in [5.41, 5.74) is 3.57. The number of nitrogens with zero attached hydrogens (tertiary/aromatic N) is 1. The third-order valence-electron chi connectivity index (χ3n) is 4.92. The van der Waals surface area contributed by atoms with Gasteiger partial charge in [0.1, 0.15) is 5.75 Å². The molecular weight excluding hydrogens is 314 g/mol. The zero-order valence-electron chi connectivity index (χ0n) is 14.9. The van der Waals surface area contributed by atoms with Gasteiger partial charge in [-0.2, -0.15) is 0 Å². The molecule has 4 heteroatoms. The van der Waals surface area contributed by atoms with Crippen LogP contribution in [0, 0.1) is 13.8 Å². The minimum Gasteiger partial charge on any atom is -0.508 e. The van der Waals surface area contributed by atoms with Crippen molar-refractivity contribution in [3.63, 3.8) is 0 Å². The van der Waals surface area contributed by atoms with E-state index >= 15 is 0 Å². The Balaban J connectivity index is 1.88. The summed E-state index contributed by atoms with van der Waals surface area (Å²) in [6.45, 7) is 5.67.